The van der Waals surface area contributed by atoms with Gasteiger partial charge in [-0.2, -0.15) is 0 Å². The molecular formula is C18H25Cl2NO4. The van der Waals surface area contributed by atoms with E-state index in [0.717, 1.165) is 25.9 Å². The van der Waals surface area contributed by atoms with Gasteiger partial charge in [0, 0.05) is 25.6 Å². The van der Waals surface area contributed by atoms with Crippen molar-refractivity contribution < 1.29 is 19.1 Å². The van der Waals surface area contributed by atoms with Crippen molar-refractivity contribution in [2.24, 2.45) is 0 Å². The fraction of sp³-hybridized carbons (Fsp3) is 0.556. The summed E-state index contributed by atoms with van der Waals surface area (Å²) in [5.41, 5.74) is 0. The lowest BCUT2D eigenvalue weighted by molar-refractivity contribution is -0.131. The van der Waals surface area contributed by atoms with Crippen molar-refractivity contribution in [3.05, 3.63) is 34.6 Å². The average molecular weight is 390 g/mol. The molecule has 1 unspecified atom stereocenters. The topological polar surface area (TPSA) is 55.8 Å². The Labute approximate surface area is 159 Å². The van der Waals surface area contributed by atoms with Crippen LogP contribution in [-0.2, 0) is 19.1 Å². The molecule has 0 spiro atoms. The molecule has 0 saturated carbocycles. The number of amides is 1. The van der Waals surface area contributed by atoms with Crippen LogP contribution in [0.4, 0.5) is 0 Å². The van der Waals surface area contributed by atoms with Crippen molar-refractivity contribution in [1.82, 2.24) is 4.90 Å². The van der Waals surface area contributed by atoms with Crippen LogP contribution in [0.2, 0.25) is 0 Å². The van der Waals surface area contributed by atoms with Crippen LogP contribution in [0, 0.1) is 0 Å². The minimum Gasteiger partial charge on any atom is -0.493 e. The number of hydrogen-bond donors (Lipinski definition) is 0. The average Bonchev–Trinajstić information content (AvgIpc) is 2.57. The van der Waals surface area contributed by atoms with E-state index < -0.39 is 6.10 Å². The van der Waals surface area contributed by atoms with Gasteiger partial charge in [0.1, 0.15) is 16.4 Å². The summed E-state index contributed by atoms with van der Waals surface area (Å²) in [6, 6.07) is 0. The molecule has 0 fully saturated rings. The van der Waals surface area contributed by atoms with Gasteiger partial charge in [-0.1, -0.05) is 23.2 Å². The summed E-state index contributed by atoms with van der Waals surface area (Å²) in [7, 11) is 0. The summed E-state index contributed by atoms with van der Waals surface area (Å²) in [4.78, 5) is 25.6. The second-order valence-electron chi connectivity index (χ2n) is 5.43. The number of unbranched alkanes of at least 4 members (excludes halogenated alkanes) is 1. The minimum absolute atomic E-state index is 0.103. The largest absolute Gasteiger partial charge is 0.493 e. The van der Waals surface area contributed by atoms with Gasteiger partial charge in [0.25, 0.3) is 0 Å². The maximum atomic E-state index is 11.9. The molecule has 0 radical (unpaired) electrons. The molecule has 0 aromatic rings. The van der Waals surface area contributed by atoms with Crippen LogP contribution in [0.5, 0.6) is 0 Å². The number of carbonyl (C=O) groups excluding carboxylic acids is 2. The van der Waals surface area contributed by atoms with E-state index in [2.05, 4.69) is 0 Å². The van der Waals surface area contributed by atoms with E-state index in [4.69, 9.17) is 32.7 Å². The van der Waals surface area contributed by atoms with Crippen LogP contribution in [0.3, 0.4) is 0 Å². The molecule has 1 amide bonds. The Morgan fingerprint density at radius 3 is 2.60 bits per heavy atom. The van der Waals surface area contributed by atoms with Crippen molar-refractivity contribution >= 4 is 34.9 Å². The Kier molecular flexibility index (Phi) is 10.5. The highest BCUT2D eigenvalue weighted by Crippen LogP contribution is 2.14. The van der Waals surface area contributed by atoms with Crippen LogP contribution in [0.15, 0.2) is 34.6 Å². The third kappa shape index (κ3) is 8.56. The molecule has 0 aromatic heterocycles. The van der Waals surface area contributed by atoms with E-state index in [1.165, 1.54) is 12.2 Å². The molecule has 0 saturated heterocycles. The monoisotopic (exact) mass is 389 g/mol. The highest BCUT2D eigenvalue weighted by atomic mass is 35.5. The highest BCUT2D eigenvalue weighted by Gasteiger charge is 2.18. The molecule has 1 atom stereocenters. The number of nitrogens with zero attached hydrogens (tertiary/aromatic N) is 1. The number of halogens is 2. The third-order valence-corrected chi connectivity index (χ3v) is 3.99. The maximum Gasteiger partial charge on any atom is 0.222 e. The first kappa shape index (κ1) is 21.7. The molecule has 1 aliphatic carbocycles. The summed E-state index contributed by atoms with van der Waals surface area (Å²) >= 11 is 11.0. The van der Waals surface area contributed by atoms with Crippen molar-refractivity contribution in [1.29, 1.82) is 0 Å². The molecule has 7 heteroatoms. The van der Waals surface area contributed by atoms with Gasteiger partial charge in [-0.05, 0) is 44.9 Å². The van der Waals surface area contributed by atoms with Crippen LogP contribution in [0.1, 0.15) is 33.1 Å². The summed E-state index contributed by atoms with van der Waals surface area (Å²) in [6.45, 7) is 6.05. The Bertz CT molecular complexity index is 535. The first-order valence-electron chi connectivity index (χ1n) is 8.45. The number of carbonyl (C=O) groups is 2. The highest BCUT2D eigenvalue weighted by molar-refractivity contribution is 6.55. The van der Waals surface area contributed by atoms with Gasteiger partial charge in [-0.25, -0.2) is 0 Å². The van der Waals surface area contributed by atoms with Crippen LogP contribution >= 0.6 is 23.2 Å². The van der Waals surface area contributed by atoms with E-state index in [9.17, 15) is 9.59 Å². The molecule has 5 nitrogen and oxygen atoms in total. The molecule has 0 N–H and O–H groups in total. The number of allylic oxidation sites excluding steroid dienone is 1. The molecule has 0 aromatic carbocycles. The maximum absolute atomic E-state index is 11.9. The molecule has 0 aliphatic heterocycles. The summed E-state index contributed by atoms with van der Waals surface area (Å²) in [6.07, 6.45) is 7.62. The second kappa shape index (κ2) is 12.1. The molecule has 0 heterocycles. The van der Waals surface area contributed by atoms with Gasteiger partial charge < -0.3 is 14.4 Å². The quantitative estimate of drug-likeness (QED) is 0.504. The smallest absolute Gasteiger partial charge is 0.222 e. The first-order chi connectivity index (χ1) is 12.0. The molecule has 0 bridgehead atoms. The van der Waals surface area contributed by atoms with Gasteiger partial charge >= 0.3 is 0 Å². The number of hydrogen-bond acceptors (Lipinski definition) is 4. The fourth-order valence-electron chi connectivity index (χ4n) is 2.29. The zero-order valence-electron chi connectivity index (χ0n) is 14.7. The van der Waals surface area contributed by atoms with Gasteiger partial charge in [0.2, 0.25) is 5.91 Å². The van der Waals surface area contributed by atoms with Crippen molar-refractivity contribution in [3.8, 4) is 0 Å². The first-order valence-corrected chi connectivity index (χ1v) is 9.20. The van der Waals surface area contributed by atoms with Gasteiger partial charge in [-0.15, -0.1) is 0 Å². The van der Waals surface area contributed by atoms with Crippen molar-refractivity contribution in [2.75, 3.05) is 26.3 Å². The minimum atomic E-state index is -0.650. The second-order valence-corrected chi connectivity index (χ2v) is 6.44. The van der Waals surface area contributed by atoms with Crippen LogP contribution in [-0.4, -0.2) is 49.0 Å². The zero-order valence-corrected chi connectivity index (χ0v) is 16.2. The lowest BCUT2D eigenvalue weighted by atomic mass is 10.1. The number of rotatable bonds is 11. The molecule has 1 rings (SSSR count). The number of ketones is 1. The van der Waals surface area contributed by atoms with E-state index in [-0.39, 0.29) is 22.8 Å². The van der Waals surface area contributed by atoms with Crippen LogP contribution in [0.25, 0.3) is 0 Å². The molecular weight excluding hydrogens is 365 g/mol. The van der Waals surface area contributed by atoms with Crippen LogP contribution < -0.4 is 0 Å². The predicted octanol–water partition coefficient (Wildman–Crippen LogP) is 3.77. The Morgan fingerprint density at radius 1 is 1.28 bits per heavy atom. The van der Waals surface area contributed by atoms with Gasteiger partial charge in [0.05, 0.1) is 13.2 Å². The SMILES string of the molecule is CCN(CC)C(=O)CCCCOC1=CC(=O)C(OCC=C(Cl)Cl)C=C1. The van der Waals surface area contributed by atoms with Crippen molar-refractivity contribution in [2.45, 2.75) is 39.2 Å². The number of ether oxygens (including phenoxy) is 2. The van der Waals surface area contributed by atoms with Crippen molar-refractivity contribution in [3.63, 3.8) is 0 Å². The normalized spacial score (nSPS) is 16.4. The molecule has 1 aliphatic rings. The molecule has 25 heavy (non-hydrogen) atoms. The Morgan fingerprint density at radius 2 is 2.00 bits per heavy atom. The van der Waals surface area contributed by atoms with Gasteiger partial charge in [0.15, 0.2) is 5.78 Å². The van der Waals surface area contributed by atoms with E-state index in [1.54, 1.807) is 12.2 Å². The standard InChI is InChI=1S/C18H25Cl2NO4/c1-3-21(4-2)18(23)7-5-6-11-24-14-8-9-16(15(22)13-14)25-12-10-17(19)20/h8-10,13,16H,3-7,11-12H2,1-2H3. The van der Waals surface area contributed by atoms with E-state index in [0.29, 0.717) is 18.8 Å². The van der Waals surface area contributed by atoms with Gasteiger partial charge in [-0.3, -0.25) is 9.59 Å². The summed E-state index contributed by atoms with van der Waals surface area (Å²) in [5, 5.41) is 0. The molecule has 140 valence electrons. The Balaban J connectivity index is 2.24. The van der Waals surface area contributed by atoms with E-state index >= 15 is 0 Å². The lowest BCUT2D eigenvalue weighted by Crippen LogP contribution is -2.30. The van der Waals surface area contributed by atoms with E-state index in [1.807, 2.05) is 18.7 Å². The zero-order chi connectivity index (χ0) is 18.7. The fourth-order valence-corrected chi connectivity index (χ4v) is 2.42. The predicted molar refractivity (Wildman–Crippen MR) is 99.5 cm³/mol. The summed E-state index contributed by atoms with van der Waals surface area (Å²) < 4.78 is 11.0. The third-order valence-electron chi connectivity index (χ3n) is 3.68. The summed E-state index contributed by atoms with van der Waals surface area (Å²) in [5.74, 6) is 0.488. The lowest BCUT2D eigenvalue weighted by Gasteiger charge is -2.18. The Hall–Kier alpha value is -1.30.